The number of ether oxygens (including phenoxy) is 1. The molecule has 1 aromatic rings. The molecule has 0 saturated carbocycles. The Kier molecular flexibility index (Phi) is 2.21. The lowest BCUT2D eigenvalue weighted by atomic mass is 10.2. The fourth-order valence-corrected chi connectivity index (χ4v) is 1.69. The van der Waals surface area contributed by atoms with Crippen molar-refractivity contribution in [3.63, 3.8) is 0 Å². The molecule has 0 bridgehead atoms. The monoisotopic (exact) mass is 222 g/mol. The first-order valence-corrected chi connectivity index (χ1v) is 4.58. The normalized spacial score (nSPS) is 21.1. The molecular weight excluding hydrogens is 218 g/mol. The van der Waals surface area contributed by atoms with E-state index in [0.717, 1.165) is 12.2 Å². The third-order valence-corrected chi connectivity index (χ3v) is 2.77. The minimum Gasteiger partial charge on any atom is -0.368 e. The van der Waals surface area contributed by atoms with Gasteiger partial charge in [0.1, 0.15) is 6.10 Å². The summed E-state index contributed by atoms with van der Waals surface area (Å²) in [4.78, 5) is 0. The SMILES string of the molecule is Clc1cc(Cl)c([C@@H]2CO2)cc1Cl. The number of benzene rings is 1. The van der Waals surface area contributed by atoms with Crippen LogP contribution in [-0.4, -0.2) is 6.61 Å². The van der Waals surface area contributed by atoms with Gasteiger partial charge < -0.3 is 4.74 Å². The van der Waals surface area contributed by atoms with Crippen LogP contribution in [0.15, 0.2) is 12.1 Å². The van der Waals surface area contributed by atoms with E-state index in [4.69, 9.17) is 39.5 Å². The summed E-state index contributed by atoms with van der Waals surface area (Å²) < 4.78 is 5.08. The summed E-state index contributed by atoms with van der Waals surface area (Å²) in [6.07, 6.45) is 0.118. The van der Waals surface area contributed by atoms with Crippen LogP contribution < -0.4 is 0 Å². The van der Waals surface area contributed by atoms with Gasteiger partial charge in [0.15, 0.2) is 0 Å². The molecule has 0 N–H and O–H groups in total. The van der Waals surface area contributed by atoms with Gasteiger partial charge in [0.25, 0.3) is 0 Å². The third kappa shape index (κ3) is 1.55. The quantitative estimate of drug-likeness (QED) is 0.522. The molecule has 1 nitrogen and oxygen atoms in total. The Balaban J connectivity index is 2.47. The van der Waals surface area contributed by atoms with Crippen LogP contribution in [0.2, 0.25) is 15.1 Å². The molecule has 0 amide bonds. The first kappa shape index (κ1) is 8.64. The highest BCUT2D eigenvalue weighted by atomic mass is 35.5. The zero-order valence-electron chi connectivity index (χ0n) is 5.98. The van der Waals surface area contributed by atoms with E-state index in [2.05, 4.69) is 0 Å². The lowest BCUT2D eigenvalue weighted by Gasteiger charge is -2.02. The topological polar surface area (TPSA) is 12.5 Å². The molecule has 4 heteroatoms. The fourth-order valence-electron chi connectivity index (χ4n) is 1.01. The number of rotatable bonds is 1. The highest BCUT2D eigenvalue weighted by molar-refractivity contribution is 6.43. The molecule has 1 saturated heterocycles. The highest BCUT2D eigenvalue weighted by Gasteiger charge is 2.27. The Morgan fingerprint density at radius 3 is 2.25 bits per heavy atom. The van der Waals surface area contributed by atoms with Gasteiger partial charge in [0.05, 0.1) is 16.7 Å². The third-order valence-electron chi connectivity index (χ3n) is 1.72. The predicted molar refractivity (Wildman–Crippen MR) is 50.2 cm³/mol. The van der Waals surface area contributed by atoms with E-state index in [0.29, 0.717) is 15.1 Å². The molecular formula is C8H5Cl3O. The smallest absolute Gasteiger partial charge is 0.107 e. The molecule has 0 unspecified atom stereocenters. The standard InChI is InChI=1S/C8H5Cl3O/c9-5-2-7(11)6(10)1-4(5)8-3-12-8/h1-2,8H,3H2/t8-/m0/s1. The maximum Gasteiger partial charge on any atom is 0.107 e. The summed E-state index contributed by atoms with van der Waals surface area (Å²) in [5, 5.41) is 1.62. The van der Waals surface area contributed by atoms with Crippen molar-refractivity contribution in [1.29, 1.82) is 0 Å². The van der Waals surface area contributed by atoms with Crippen molar-refractivity contribution < 1.29 is 4.74 Å². The van der Waals surface area contributed by atoms with Crippen LogP contribution in [0.5, 0.6) is 0 Å². The molecule has 1 aliphatic heterocycles. The largest absolute Gasteiger partial charge is 0.368 e. The van der Waals surface area contributed by atoms with Crippen LogP contribution in [0.3, 0.4) is 0 Å². The Hall–Kier alpha value is 0.0500. The summed E-state index contributed by atoms with van der Waals surface area (Å²) >= 11 is 17.5. The van der Waals surface area contributed by atoms with Gasteiger partial charge in [0.2, 0.25) is 0 Å². The first-order chi connectivity index (χ1) is 5.68. The van der Waals surface area contributed by atoms with Crippen molar-refractivity contribution in [1.82, 2.24) is 0 Å². The van der Waals surface area contributed by atoms with Gasteiger partial charge >= 0.3 is 0 Å². The maximum atomic E-state index is 5.91. The Morgan fingerprint density at radius 2 is 1.67 bits per heavy atom. The van der Waals surface area contributed by atoms with Crippen LogP contribution in [0.1, 0.15) is 11.7 Å². The second-order valence-electron chi connectivity index (χ2n) is 2.61. The Labute approximate surface area is 85.2 Å². The summed E-state index contributed by atoms with van der Waals surface area (Å²) in [6.45, 7) is 0.720. The van der Waals surface area contributed by atoms with Gasteiger partial charge in [-0.1, -0.05) is 34.8 Å². The zero-order chi connectivity index (χ0) is 8.72. The van der Waals surface area contributed by atoms with Crippen LogP contribution in [-0.2, 0) is 4.74 Å². The van der Waals surface area contributed by atoms with Gasteiger partial charge in [-0.2, -0.15) is 0 Å². The first-order valence-electron chi connectivity index (χ1n) is 3.44. The van der Waals surface area contributed by atoms with Crippen molar-refractivity contribution in [3.8, 4) is 0 Å². The zero-order valence-corrected chi connectivity index (χ0v) is 8.25. The van der Waals surface area contributed by atoms with Crippen LogP contribution >= 0.6 is 34.8 Å². The van der Waals surface area contributed by atoms with Gasteiger partial charge in [-0.25, -0.2) is 0 Å². The summed E-state index contributed by atoms with van der Waals surface area (Å²) in [5.74, 6) is 0. The van der Waals surface area contributed by atoms with Gasteiger partial charge in [-0.15, -0.1) is 0 Å². The van der Waals surface area contributed by atoms with Crippen molar-refractivity contribution >= 4 is 34.8 Å². The molecule has 64 valence electrons. The molecule has 0 aliphatic carbocycles. The van der Waals surface area contributed by atoms with E-state index in [9.17, 15) is 0 Å². The minimum atomic E-state index is 0.118. The minimum absolute atomic E-state index is 0.118. The number of hydrogen-bond acceptors (Lipinski definition) is 1. The van der Waals surface area contributed by atoms with E-state index < -0.39 is 0 Å². The second kappa shape index (κ2) is 3.08. The van der Waals surface area contributed by atoms with Gasteiger partial charge in [-0.3, -0.25) is 0 Å². The highest BCUT2D eigenvalue weighted by Crippen LogP contribution is 2.38. The number of halogens is 3. The number of hydrogen-bond donors (Lipinski definition) is 0. The molecule has 1 heterocycles. The lowest BCUT2D eigenvalue weighted by molar-refractivity contribution is 0.416. The Bertz CT molecular complexity index is 320. The maximum absolute atomic E-state index is 5.91. The van der Waals surface area contributed by atoms with Crippen LogP contribution in [0.25, 0.3) is 0 Å². The fraction of sp³-hybridized carbons (Fsp3) is 0.250. The van der Waals surface area contributed by atoms with E-state index >= 15 is 0 Å². The van der Waals surface area contributed by atoms with Crippen molar-refractivity contribution in [2.75, 3.05) is 6.61 Å². The molecule has 12 heavy (non-hydrogen) atoms. The average molecular weight is 223 g/mol. The molecule has 1 fully saturated rings. The summed E-state index contributed by atoms with van der Waals surface area (Å²) in [5.41, 5.74) is 0.922. The van der Waals surface area contributed by atoms with Crippen LogP contribution in [0, 0.1) is 0 Å². The van der Waals surface area contributed by atoms with Crippen molar-refractivity contribution in [2.24, 2.45) is 0 Å². The molecule has 1 atom stereocenters. The van der Waals surface area contributed by atoms with E-state index in [1.165, 1.54) is 0 Å². The molecule has 1 aliphatic rings. The van der Waals surface area contributed by atoms with Crippen molar-refractivity contribution in [3.05, 3.63) is 32.8 Å². The van der Waals surface area contributed by atoms with E-state index in [1.807, 2.05) is 0 Å². The van der Waals surface area contributed by atoms with E-state index in [1.54, 1.807) is 12.1 Å². The molecule has 2 rings (SSSR count). The molecule has 0 spiro atoms. The molecule has 1 aromatic carbocycles. The molecule has 0 aromatic heterocycles. The second-order valence-corrected chi connectivity index (χ2v) is 3.83. The number of epoxide rings is 1. The summed E-state index contributed by atoms with van der Waals surface area (Å²) in [6, 6.07) is 3.40. The van der Waals surface area contributed by atoms with Crippen LogP contribution in [0.4, 0.5) is 0 Å². The average Bonchev–Trinajstić information content (AvgIpc) is 2.79. The van der Waals surface area contributed by atoms with Crippen molar-refractivity contribution in [2.45, 2.75) is 6.10 Å². The van der Waals surface area contributed by atoms with Gasteiger partial charge in [0, 0.05) is 10.6 Å². The molecule has 0 radical (unpaired) electrons. The predicted octanol–water partition coefficient (Wildman–Crippen LogP) is 3.72. The van der Waals surface area contributed by atoms with Gasteiger partial charge in [-0.05, 0) is 12.1 Å². The Morgan fingerprint density at radius 1 is 1.08 bits per heavy atom. The lowest BCUT2D eigenvalue weighted by Crippen LogP contribution is -1.83. The summed E-state index contributed by atoms with van der Waals surface area (Å²) in [7, 11) is 0. The van der Waals surface area contributed by atoms with E-state index in [-0.39, 0.29) is 6.10 Å².